The summed E-state index contributed by atoms with van der Waals surface area (Å²) in [6, 6.07) is 18.3. The number of hydrogen-bond donors (Lipinski definition) is 3. The summed E-state index contributed by atoms with van der Waals surface area (Å²) < 4.78 is 30.9. The van der Waals surface area contributed by atoms with Crippen molar-refractivity contribution < 1.29 is 27.9 Å². The van der Waals surface area contributed by atoms with Crippen LogP contribution in [0.15, 0.2) is 82.6 Å². The molecule has 0 aliphatic carbocycles. The molecule has 0 aromatic heterocycles. The highest BCUT2D eigenvalue weighted by Gasteiger charge is 2.21. The van der Waals surface area contributed by atoms with Crippen molar-refractivity contribution >= 4 is 45.7 Å². The van der Waals surface area contributed by atoms with Crippen LogP contribution in [0, 0.1) is 0 Å². The third-order valence-corrected chi connectivity index (χ3v) is 7.71. The lowest BCUT2D eigenvalue weighted by molar-refractivity contribution is -0.142. The van der Waals surface area contributed by atoms with Crippen LogP contribution in [0.25, 0.3) is 0 Å². The van der Waals surface area contributed by atoms with E-state index in [-0.39, 0.29) is 27.8 Å². The van der Waals surface area contributed by atoms with E-state index in [0.29, 0.717) is 24.5 Å². The summed E-state index contributed by atoms with van der Waals surface area (Å²) in [4.78, 5) is 24.1. The minimum atomic E-state index is -3.86. The van der Waals surface area contributed by atoms with E-state index in [9.17, 15) is 23.1 Å². The van der Waals surface area contributed by atoms with Crippen molar-refractivity contribution in [2.45, 2.75) is 35.3 Å². The van der Waals surface area contributed by atoms with Crippen molar-refractivity contribution in [1.82, 2.24) is 10.6 Å². The van der Waals surface area contributed by atoms with Gasteiger partial charge in [0.25, 0.3) is 5.91 Å². The fourth-order valence-corrected chi connectivity index (χ4v) is 5.10. The molecule has 3 aromatic rings. The second-order valence-electron chi connectivity index (χ2n) is 8.42. The average molecular weight is 582 g/mol. The molecule has 0 radical (unpaired) electrons. The first-order chi connectivity index (χ1) is 17.6. The van der Waals surface area contributed by atoms with Crippen molar-refractivity contribution in [3.63, 3.8) is 0 Å². The van der Waals surface area contributed by atoms with Gasteiger partial charge in [-0.15, -0.1) is 12.4 Å². The van der Waals surface area contributed by atoms with Crippen LogP contribution in [0.4, 0.5) is 0 Å². The number of esters is 1. The molecule has 0 fully saturated rings. The van der Waals surface area contributed by atoms with Gasteiger partial charge in [-0.2, -0.15) is 0 Å². The molecule has 3 aromatic carbocycles. The van der Waals surface area contributed by atoms with Gasteiger partial charge in [-0.3, -0.25) is 4.79 Å². The topological polar surface area (TPSA) is 122 Å². The van der Waals surface area contributed by atoms with Crippen LogP contribution in [0.1, 0.15) is 34.5 Å². The molecule has 38 heavy (non-hydrogen) atoms. The van der Waals surface area contributed by atoms with Gasteiger partial charge in [-0.05, 0) is 73.5 Å². The van der Waals surface area contributed by atoms with Crippen LogP contribution in [-0.2, 0) is 25.8 Å². The third-order valence-electron chi connectivity index (χ3n) is 5.70. The SMILES string of the molecule is COC(=O)[C@@H](C)NC(=O)c1cccc(S(=O)(=O)c2ccc(CCNC[C@H](O)c3cccc(Cl)c3)cc2)c1.Cl. The Labute approximate surface area is 233 Å². The number of carbonyl (C=O) groups is 2. The molecule has 0 spiro atoms. The highest BCUT2D eigenvalue weighted by Crippen LogP contribution is 2.22. The van der Waals surface area contributed by atoms with E-state index in [1.807, 2.05) is 6.07 Å². The van der Waals surface area contributed by atoms with Crippen LogP contribution >= 0.6 is 24.0 Å². The van der Waals surface area contributed by atoms with Gasteiger partial charge in [0.1, 0.15) is 6.04 Å². The maximum Gasteiger partial charge on any atom is 0.328 e. The van der Waals surface area contributed by atoms with Crippen molar-refractivity contribution in [2.24, 2.45) is 0 Å². The van der Waals surface area contributed by atoms with E-state index in [1.54, 1.807) is 30.3 Å². The third kappa shape index (κ3) is 8.28. The van der Waals surface area contributed by atoms with Gasteiger partial charge in [-0.25, -0.2) is 13.2 Å². The summed E-state index contributed by atoms with van der Waals surface area (Å²) in [5, 5.41) is 16.5. The quantitative estimate of drug-likeness (QED) is 0.233. The number of rotatable bonds is 11. The maximum atomic E-state index is 13.1. The molecule has 11 heteroatoms. The Morgan fingerprint density at radius 3 is 2.34 bits per heavy atom. The Kier molecular flexibility index (Phi) is 11.7. The van der Waals surface area contributed by atoms with E-state index in [0.717, 1.165) is 11.1 Å². The zero-order chi connectivity index (χ0) is 27.0. The number of amides is 1. The number of carbonyl (C=O) groups excluding carboxylic acids is 2. The van der Waals surface area contributed by atoms with Crippen LogP contribution in [0.5, 0.6) is 0 Å². The Morgan fingerprint density at radius 2 is 1.68 bits per heavy atom. The second-order valence-corrected chi connectivity index (χ2v) is 10.8. The number of benzene rings is 3. The van der Waals surface area contributed by atoms with E-state index < -0.39 is 33.9 Å². The van der Waals surface area contributed by atoms with Crippen molar-refractivity contribution in [2.75, 3.05) is 20.2 Å². The minimum absolute atomic E-state index is 0. The number of sulfone groups is 1. The molecule has 0 aliphatic heterocycles. The summed E-state index contributed by atoms with van der Waals surface area (Å²) >= 11 is 5.96. The smallest absolute Gasteiger partial charge is 0.328 e. The van der Waals surface area contributed by atoms with Crippen molar-refractivity contribution in [3.05, 3.63) is 94.5 Å². The molecule has 0 saturated carbocycles. The lowest BCUT2D eigenvalue weighted by Gasteiger charge is -2.13. The van der Waals surface area contributed by atoms with Gasteiger partial charge in [0.05, 0.1) is 23.0 Å². The molecule has 3 N–H and O–H groups in total. The fraction of sp³-hybridized carbons (Fsp3) is 0.259. The molecule has 0 unspecified atom stereocenters. The molecule has 3 rings (SSSR count). The molecule has 0 bridgehead atoms. The Balaban J connectivity index is 0.00000507. The standard InChI is InChI=1S/C27H29ClN2O6S.ClH/c1-18(27(33)36-2)30-26(32)21-6-4-8-24(16-21)37(34,35)23-11-9-19(10-12-23)13-14-29-17-25(31)20-5-3-7-22(28)15-20;/h3-12,15-16,18,25,29,31H,13-14,17H2,1-2H3,(H,30,32);1H/t18-,25+;/m1./s1. The largest absolute Gasteiger partial charge is 0.467 e. The summed E-state index contributed by atoms with van der Waals surface area (Å²) in [5.41, 5.74) is 1.77. The number of methoxy groups -OCH3 is 1. The molecular formula is C27H30Cl2N2O6S. The van der Waals surface area contributed by atoms with E-state index in [4.69, 9.17) is 11.6 Å². The zero-order valence-corrected chi connectivity index (χ0v) is 23.3. The van der Waals surface area contributed by atoms with Gasteiger partial charge < -0.3 is 20.5 Å². The van der Waals surface area contributed by atoms with Crippen LogP contribution in [0.2, 0.25) is 5.02 Å². The van der Waals surface area contributed by atoms with Gasteiger partial charge >= 0.3 is 5.97 Å². The van der Waals surface area contributed by atoms with Crippen LogP contribution < -0.4 is 10.6 Å². The number of ether oxygens (including phenoxy) is 1. The molecule has 8 nitrogen and oxygen atoms in total. The lowest BCUT2D eigenvalue weighted by atomic mass is 10.1. The van der Waals surface area contributed by atoms with Gasteiger partial charge in [0.15, 0.2) is 0 Å². The van der Waals surface area contributed by atoms with Crippen molar-refractivity contribution in [3.8, 4) is 0 Å². The predicted octanol–water partition coefficient (Wildman–Crippen LogP) is 3.75. The fourth-order valence-electron chi connectivity index (χ4n) is 3.59. The molecule has 1 amide bonds. The molecule has 0 saturated heterocycles. The van der Waals surface area contributed by atoms with Gasteiger partial charge in [0, 0.05) is 17.1 Å². The average Bonchev–Trinajstić information content (AvgIpc) is 2.90. The second kappa shape index (κ2) is 14.3. The predicted molar refractivity (Wildman–Crippen MR) is 148 cm³/mol. The van der Waals surface area contributed by atoms with E-state index in [2.05, 4.69) is 15.4 Å². The lowest BCUT2D eigenvalue weighted by Crippen LogP contribution is -2.39. The van der Waals surface area contributed by atoms with Crippen molar-refractivity contribution in [1.29, 1.82) is 0 Å². The molecule has 2 atom stereocenters. The summed E-state index contributed by atoms with van der Waals surface area (Å²) in [5.74, 6) is -1.19. The van der Waals surface area contributed by atoms with Gasteiger partial charge in [-0.1, -0.05) is 41.9 Å². The number of halogens is 2. The first-order valence-corrected chi connectivity index (χ1v) is 13.4. The number of aliphatic hydroxyl groups is 1. The maximum absolute atomic E-state index is 13.1. The Bertz CT molecular complexity index is 1350. The number of aliphatic hydroxyl groups excluding tert-OH is 1. The first-order valence-electron chi connectivity index (χ1n) is 11.6. The first kappa shape index (κ1) is 31.3. The van der Waals surface area contributed by atoms with Gasteiger partial charge in [0.2, 0.25) is 9.84 Å². The number of nitrogens with one attached hydrogen (secondary N) is 2. The zero-order valence-electron chi connectivity index (χ0n) is 20.9. The molecule has 0 aliphatic rings. The molecule has 204 valence electrons. The molecular weight excluding hydrogens is 551 g/mol. The van der Waals surface area contributed by atoms with E-state index in [1.165, 1.54) is 50.4 Å². The highest BCUT2D eigenvalue weighted by atomic mass is 35.5. The normalized spacial score (nSPS) is 12.6. The summed E-state index contributed by atoms with van der Waals surface area (Å²) in [7, 11) is -2.65. The highest BCUT2D eigenvalue weighted by molar-refractivity contribution is 7.91. The monoisotopic (exact) mass is 580 g/mol. The minimum Gasteiger partial charge on any atom is -0.467 e. The Morgan fingerprint density at radius 1 is 1.00 bits per heavy atom. The van der Waals surface area contributed by atoms with Crippen LogP contribution in [0.3, 0.4) is 0 Å². The molecule has 0 heterocycles. The Hall–Kier alpha value is -2.95. The number of hydrogen-bond acceptors (Lipinski definition) is 7. The summed E-state index contributed by atoms with van der Waals surface area (Å²) in [6.07, 6.45) is -0.0517. The van der Waals surface area contributed by atoms with E-state index >= 15 is 0 Å². The summed E-state index contributed by atoms with van der Waals surface area (Å²) in [6.45, 7) is 2.42. The van der Waals surface area contributed by atoms with Crippen LogP contribution in [-0.4, -0.2) is 51.6 Å².